The molecule has 0 atom stereocenters. The average molecular weight is 630 g/mol. The maximum absolute atomic E-state index is 13.6. The molecule has 8 heteroatoms. The molecule has 0 saturated heterocycles. The van der Waals surface area contributed by atoms with Gasteiger partial charge >= 0.3 is 0 Å². The van der Waals surface area contributed by atoms with Crippen molar-refractivity contribution < 1.29 is 19.1 Å². The minimum atomic E-state index is -0.487. The van der Waals surface area contributed by atoms with E-state index in [4.69, 9.17) is 4.74 Å². The Balaban J connectivity index is 1.20. The fourth-order valence-corrected chi connectivity index (χ4v) is 6.64. The monoisotopic (exact) mass is 629 g/mol. The minimum Gasteiger partial charge on any atom is -0.493 e. The Morgan fingerprint density at radius 2 is 1.63 bits per heavy atom. The van der Waals surface area contributed by atoms with E-state index >= 15 is 0 Å². The SMILES string of the molecule is CCOc1ccccc1/C=C(\NC(=O)c1ccccc1)C(=O)Nc1cccc(SCC(=O)n2c3c(c4ccccc42)CCCC3)c1. The fourth-order valence-electron chi connectivity index (χ4n) is 5.84. The quantitative estimate of drug-likeness (QED) is 0.122. The lowest BCUT2D eigenvalue weighted by molar-refractivity contribution is -0.113. The van der Waals surface area contributed by atoms with Crippen molar-refractivity contribution in [2.75, 3.05) is 17.7 Å². The first kappa shape index (κ1) is 30.9. The molecule has 6 rings (SSSR count). The smallest absolute Gasteiger partial charge is 0.272 e. The Hall–Kier alpha value is -5.08. The highest BCUT2D eigenvalue weighted by atomic mass is 32.2. The lowest BCUT2D eigenvalue weighted by Crippen LogP contribution is -2.30. The maximum atomic E-state index is 13.6. The Morgan fingerprint density at radius 1 is 0.870 bits per heavy atom. The summed E-state index contributed by atoms with van der Waals surface area (Å²) in [6.45, 7) is 2.34. The molecule has 1 heterocycles. The van der Waals surface area contributed by atoms with Crippen LogP contribution in [0.2, 0.25) is 0 Å². The van der Waals surface area contributed by atoms with Crippen molar-refractivity contribution in [3.63, 3.8) is 0 Å². The van der Waals surface area contributed by atoms with Crippen LogP contribution in [0.1, 0.15) is 51.7 Å². The molecule has 46 heavy (non-hydrogen) atoms. The minimum absolute atomic E-state index is 0.0422. The molecule has 0 radical (unpaired) electrons. The van der Waals surface area contributed by atoms with Crippen molar-refractivity contribution in [2.45, 2.75) is 37.5 Å². The fraction of sp³-hybridized carbons (Fsp3) is 0.184. The van der Waals surface area contributed by atoms with Crippen molar-refractivity contribution in [3.05, 3.63) is 131 Å². The number of nitrogens with one attached hydrogen (secondary N) is 2. The van der Waals surface area contributed by atoms with Gasteiger partial charge in [-0.25, -0.2) is 0 Å². The topological polar surface area (TPSA) is 89.4 Å². The Kier molecular flexibility index (Phi) is 9.65. The molecule has 0 spiro atoms. The van der Waals surface area contributed by atoms with E-state index in [1.54, 1.807) is 36.4 Å². The van der Waals surface area contributed by atoms with Crippen molar-refractivity contribution in [1.82, 2.24) is 9.88 Å². The van der Waals surface area contributed by atoms with Crippen LogP contribution in [0.15, 0.2) is 114 Å². The molecular weight excluding hydrogens is 595 g/mol. The number of rotatable bonds is 10. The first-order valence-corrected chi connectivity index (χ1v) is 16.5. The molecule has 2 N–H and O–H groups in total. The zero-order valence-electron chi connectivity index (χ0n) is 25.6. The van der Waals surface area contributed by atoms with Gasteiger partial charge in [-0.15, -0.1) is 11.8 Å². The zero-order chi connectivity index (χ0) is 31.9. The number of para-hydroxylation sites is 2. The van der Waals surface area contributed by atoms with E-state index in [2.05, 4.69) is 16.7 Å². The molecule has 1 aliphatic rings. The summed E-state index contributed by atoms with van der Waals surface area (Å²) in [5.74, 6) is 0.0111. The molecule has 0 aliphatic heterocycles. The van der Waals surface area contributed by atoms with Gasteiger partial charge in [0.2, 0.25) is 5.91 Å². The Morgan fingerprint density at radius 3 is 2.48 bits per heavy atom. The molecule has 5 aromatic rings. The molecule has 232 valence electrons. The van der Waals surface area contributed by atoms with Gasteiger partial charge in [0.1, 0.15) is 11.4 Å². The van der Waals surface area contributed by atoms with Crippen molar-refractivity contribution in [3.8, 4) is 5.75 Å². The molecule has 4 aromatic carbocycles. The second-order valence-corrected chi connectivity index (χ2v) is 12.0. The summed E-state index contributed by atoms with van der Waals surface area (Å²) in [5.41, 5.74) is 5.12. The number of ether oxygens (including phenoxy) is 1. The van der Waals surface area contributed by atoms with Crippen LogP contribution in [-0.2, 0) is 17.6 Å². The van der Waals surface area contributed by atoms with E-state index in [0.29, 0.717) is 29.2 Å². The molecule has 0 unspecified atom stereocenters. The molecule has 0 bridgehead atoms. The number of carbonyl (C=O) groups is 3. The van der Waals surface area contributed by atoms with E-state index in [-0.39, 0.29) is 17.4 Å². The van der Waals surface area contributed by atoms with E-state index < -0.39 is 11.8 Å². The molecule has 0 fully saturated rings. The first-order valence-electron chi connectivity index (χ1n) is 15.5. The van der Waals surface area contributed by atoms with Crippen molar-refractivity contribution >= 4 is 52.1 Å². The van der Waals surface area contributed by atoms with E-state index in [9.17, 15) is 14.4 Å². The Bertz CT molecular complexity index is 1930. The molecule has 1 aliphatic carbocycles. The third-order valence-corrected chi connectivity index (χ3v) is 8.91. The van der Waals surface area contributed by atoms with E-state index in [1.165, 1.54) is 22.7 Å². The lowest BCUT2D eigenvalue weighted by Gasteiger charge is -2.15. The summed E-state index contributed by atoms with van der Waals surface area (Å²) in [6.07, 6.45) is 5.76. The normalized spacial score (nSPS) is 12.8. The van der Waals surface area contributed by atoms with Gasteiger partial charge in [-0.1, -0.05) is 60.7 Å². The van der Waals surface area contributed by atoms with E-state index in [0.717, 1.165) is 41.8 Å². The summed E-state index contributed by atoms with van der Waals surface area (Å²) >= 11 is 1.43. The number of fused-ring (bicyclic) bond motifs is 3. The van der Waals surface area contributed by atoms with Crippen LogP contribution in [0.3, 0.4) is 0 Å². The van der Waals surface area contributed by atoms with Crippen LogP contribution in [-0.4, -0.2) is 34.6 Å². The number of nitrogens with zero attached hydrogens (tertiary/aromatic N) is 1. The van der Waals surface area contributed by atoms with Gasteiger partial charge in [0, 0.05) is 32.8 Å². The highest BCUT2D eigenvalue weighted by Crippen LogP contribution is 2.33. The third kappa shape index (κ3) is 6.92. The summed E-state index contributed by atoms with van der Waals surface area (Å²) in [7, 11) is 0. The lowest BCUT2D eigenvalue weighted by atomic mass is 9.96. The highest BCUT2D eigenvalue weighted by Gasteiger charge is 2.23. The van der Waals surface area contributed by atoms with Crippen LogP contribution in [0.4, 0.5) is 5.69 Å². The highest BCUT2D eigenvalue weighted by molar-refractivity contribution is 8.00. The number of carbonyl (C=O) groups excluding carboxylic acids is 3. The van der Waals surface area contributed by atoms with Crippen molar-refractivity contribution in [2.24, 2.45) is 0 Å². The van der Waals surface area contributed by atoms with Gasteiger partial charge in [0.05, 0.1) is 17.9 Å². The zero-order valence-corrected chi connectivity index (χ0v) is 26.4. The molecule has 0 saturated carbocycles. The standard InChI is InChI=1S/C38H35N3O4S/c1-2-45-35-22-11-6-15-27(35)23-32(40-37(43)26-13-4-3-5-14-26)38(44)39-28-16-12-17-29(24-28)46-25-36(42)41-33-20-9-7-18-30(33)31-19-8-10-21-34(31)41/h3-7,9,11-18,20,22-24H,2,8,10,19,21,25H2,1H3,(H,39,44)(H,40,43)/b32-23-. The first-order chi connectivity index (χ1) is 22.5. The van der Waals surface area contributed by atoms with Gasteiger partial charge in [-0.2, -0.15) is 0 Å². The largest absolute Gasteiger partial charge is 0.493 e. The van der Waals surface area contributed by atoms with Gasteiger partial charge < -0.3 is 15.4 Å². The van der Waals surface area contributed by atoms with Crippen LogP contribution < -0.4 is 15.4 Å². The van der Waals surface area contributed by atoms with Crippen LogP contribution in [0.25, 0.3) is 17.0 Å². The molecular formula is C38H35N3O4S. The maximum Gasteiger partial charge on any atom is 0.272 e. The van der Waals surface area contributed by atoms with Crippen LogP contribution in [0, 0.1) is 0 Å². The van der Waals surface area contributed by atoms with Gasteiger partial charge in [-0.3, -0.25) is 19.0 Å². The number of aromatic nitrogens is 1. The van der Waals surface area contributed by atoms with Crippen LogP contribution >= 0.6 is 11.8 Å². The second kappa shape index (κ2) is 14.3. The number of hydrogen-bond donors (Lipinski definition) is 2. The average Bonchev–Trinajstić information content (AvgIpc) is 3.43. The summed E-state index contributed by atoms with van der Waals surface area (Å²) in [4.78, 5) is 41.2. The number of amides is 2. The third-order valence-electron chi connectivity index (χ3n) is 7.93. The van der Waals surface area contributed by atoms with Gasteiger partial charge in [0.15, 0.2) is 0 Å². The summed E-state index contributed by atoms with van der Waals surface area (Å²) < 4.78 is 7.66. The number of hydrogen-bond acceptors (Lipinski definition) is 5. The van der Waals surface area contributed by atoms with E-state index in [1.807, 2.05) is 78.2 Å². The molecule has 7 nitrogen and oxygen atoms in total. The predicted octanol–water partition coefficient (Wildman–Crippen LogP) is 7.76. The number of benzene rings is 4. The molecule has 2 amide bonds. The van der Waals surface area contributed by atoms with Gasteiger partial charge in [0.25, 0.3) is 11.8 Å². The number of thioether (sulfide) groups is 1. The predicted molar refractivity (Wildman–Crippen MR) is 184 cm³/mol. The second-order valence-electron chi connectivity index (χ2n) is 11.0. The Labute approximate surface area is 272 Å². The summed E-state index contributed by atoms with van der Waals surface area (Å²) in [6, 6.07) is 31.6. The number of aryl methyl sites for hydroxylation is 1. The van der Waals surface area contributed by atoms with Crippen LogP contribution in [0.5, 0.6) is 5.75 Å². The number of anilines is 1. The summed E-state index contributed by atoms with van der Waals surface area (Å²) in [5, 5.41) is 6.88. The molecule has 1 aromatic heterocycles. The van der Waals surface area contributed by atoms with Gasteiger partial charge in [-0.05, 0) is 86.7 Å². The van der Waals surface area contributed by atoms with Crippen molar-refractivity contribution in [1.29, 1.82) is 0 Å².